The SMILES string of the molecule is CCOc1cc(C(=O)Nc2cc(C)nn2-c2nc3ccccc3s2)cc(OCC)c1OCC. The molecule has 4 aromatic rings. The predicted molar refractivity (Wildman–Crippen MR) is 129 cm³/mol. The van der Waals surface area contributed by atoms with Crippen LogP contribution in [-0.4, -0.2) is 40.5 Å². The number of carbonyl (C=O) groups is 1. The fourth-order valence-electron chi connectivity index (χ4n) is 3.39. The van der Waals surface area contributed by atoms with Gasteiger partial charge in [-0.05, 0) is 52.0 Å². The van der Waals surface area contributed by atoms with Crippen LogP contribution in [0.5, 0.6) is 17.2 Å². The van der Waals surface area contributed by atoms with Crippen molar-refractivity contribution in [2.45, 2.75) is 27.7 Å². The maximum atomic E-state index is 13.2. The van der Waals surface area contributed by atoms with Gasteiger partial charge in [0.05, 0.1) is 35.7 Å². The summed E-state index contributed by atoms with van der Waals surface area (Å²) in [5, 5.41) is 8.17. The molecule has 0 aliphatic rings. The first-order chi connectivity index (χ1) is 16.0. The van der Waals surface area contributed by atoms with Gasteiger partial charge in [0, 0.05) is 11.6 Å². The fourth-order valence-corrected chi connectivity index (χ4v) is 4.32. The molecule has 0 bridgehead atoms. The van der Waals surface area contributed by atoms with Crippen molar-refractivity contribution in [1.82, 2.24) is 14.8 Å². The summed E-state index contributed by atoms with van der Waals surface area (Å²) >= 11 is 1.51. The number of thiazole rings is 1. The summed E-state index contributed by atoms with van der Waals surface area (Å²) in [7, 11) is 0. The van der Waals surface area contributed by atoms with Crippen molar-refractivity contribution < 1.29 is 19.0 Å². The number of carbonyl (C=O) groups excluding carboxylic acids is 1. The van der Waals surface area contributed by atoms with Crippen molar-refractivity contribution >= 4 is 33.3 Å². The van der Waals surface area contributed by atoms with Crippen LogP contribution in [0.4, 0.5) is 5.82 Å². The number of fused-ring (bicyclic) bond motifs is 1. The molecule has 0 aliphatic heterocycles. The van der Waals surface area contributed by atoms with E-state index in [0.717, 1.165) is 15.9 Å². The summed E-state index contributed by atoms with van der Waals surface area (Å²) in [4.78, 5) is 17.9. The number of hydrogen-bond donors (Lipinski definition) is 1. The zero-order valence-electron chi connectivity index (χ0n) is 19.0. The molecular formula is C24H26N4O4S. The Morgan fingerprint density at radius 2 is 1.67 bits per heavy atom. The summed E-state index contributed by atoms with van der Waals surface area (Å²) in [6, 6.07) is 13.0. The Morgan fingerprint density at radius 3 is 2.30 bits per heavy atom. The highest BCUT2D eigenvalue weighted by atomic mass is 32.1. The Kier molecular flexibility index (Phi) is 6.79. The standard InChI is InChI=1S/C24H26N4O4S/c1-5-30-18-13-16(14-19(31-6-2)22(18)32-7-3)23(29)26-21-12-15(4)27-28(21)24-25-17-10-8-9-11-20(17)33-24/h8-14H,5-7H2,1-4H3,(H,26,29). The van der Waals surface area contributed by atoms with Crippen molar-refractivity contribution in [3.8, 4) is 22.4 Å². The molecule has 0 saturated heterocycles. The fraction of sp³-hybridized carbons (Fsp3) is 0.292. The number of nitrogens with zero attached hydrogens (tertiary/aromatic N) is 3. The molecule has 33 heavy (non-hydrogen) atoms. The van der Waals surface area contributed by atoms with Crippen LogP contribution < -0.4 is 19.5 Å². The van der Waals surface area contributed by atoms with Crippen LogP contribution in [0.25, 0.3) is 15.3 Å². The molecule has 0 atom stereocenters. The summed E-state index contributed by atoms with van der Waals surface area (Å²) < 4.78 is 19.9. The molecule has 172 valence electrons. The molecule has 0 aliphatic carbocycles. The van der Waals surface area contributed by atoms with Crippen LogP contribution >= 0.6 is 11.3 Å². The van der Waals surface area contributed by atoms with E-state index in [-0.39, 0.29) is 5.91 Å². The lowest BCUT2D eigenvalue weighted by molar-refractivity contribution is 0.102. The van der Waals surface area contributed by atoms with Crippen molar-refractivity contribution in [2.24, 2.45) is 0 Å². The number of benzene rings is 2. The number of nitrogens with one attached hydrogen (secondary N) is 1. The molecule has 4 rings (SSSR count). The second kappa shape index (κ2) is 9.91. The molecule has 0 unspecified atom stereocenters. The van der Waals surface area contributed by atoms with Gasteiger partial charge in [0.1, 0.15) is 5.82 Å². The van der Waals surface area contributed by atoms with E-state index in [2.05, 4.69) is 15.4 Å². The number of anilines is 1. The number of para-hydroxylation sites is 1. The van der Waals surface area contributed by atoms with Crippen LogP contribution in [0.1, 0.15) is 36.8 Å². The first-order valence-corrected chi connectivity index (χ1v) is 11.7. The average molecular weight is 467 g/mol. The van der Waals surface area contributed by atoms with E-state index in [0.29, 0.717) is 53.6 Å². The van der Waals surface area contributed by atoms with Gasteiger partial charge in [0.15, 0.2) is 11.5 Å². The number of hydrogen-bond acceptors (Lipinski definition) is 7. The number of rotatable bonds is 9. The molecule has 0 spiro atoms. The molecule has 8 nitrogen and oxygen atoms in total. The Bertz CT molecular complexity index is 1220. The quantitative estimate of drug-likeness (QED) is 0.363. The Hall–Kier alpha value is -3.59. The van der Waals surface area contributed by atoms with Gasteiger partial charge >= 0.3 is 0 Å². The Balaban J connectivity index is 1.68. The Labute approximate surface area is 196 Å². The largest absolute Gasteiger partial charge is 0.490 e. The smallest absolute Gasteiger partial charge is 0.257 e. The highest BCUT2D eigenvalue weighted by Gasteiger charge is 2.20. The number of aryl methyl sites for hydroxylation is 1. The van der Waals surface area contributed by atoms with Crippen LogP contribution in [-0.2, 0) is 0 Å². The maximum absolute atomic E-state index is 13.2. The Morgan fingerprint density at radius 1 is 1.00 bits per heavy atom. The number of amides is 1. The van der Waals surface area contributed by atoms with Gasteiger partial charge in [-0.15, -0.1) is 0 Å². The topological polar surface area (TPSA) is 87.5 Å². The van der Waals surface area contributed by atoms with Crippen molar-refractivity contribution in [2.75, 3.05) is 25.1 Å². The first kappa shape index (κ1) is 22.6. The monoisotopic (exact) mass is 466 g/mol. The molecule has 1 amide bonds. The van der Waals surface area contributed by atoms with E-state index in [1.165, 1.54) is 11.3 Å². The van der Waals surface area contributed by atoms with E-state index in [1.54, 1.807) is 16.8 Å². The minimum Gasteiger partial charge on any atom is -0.490 e. The molecule has 2 heterocycles. The van der Waals surface area contributed by atoms with Crippen LogP contribution in [0.15, 0.2) is 42.5 Å². The second-order valence-corrected chi connectivity index (χ2v) is 8.11. The van der Waals surface area contributed by atoms with Gasteiger partial charge in [0.25, 0.3) is 5.91 Å². The summed E-state index contributed by atoms with van der Waals surface area (Å²) in [6.45, 7) is 8.82. The third-order valence-corrected chi connectivity index (χ3v) is 5.72. The number of aromatic nitrogens is 3. The van der Waals surface area contributed by atoms with Crippen LogP contribution in [0.2, 0.25) is 0 Å². The van der Waals surface area contributed by atoms with Crippen LogP contribution in [0, 0.1) is 6.92 Å². The molecule has 0 radical (unpaired) electrons. The van der Waals surface area contributed by atoms with Crippen molar-refractivity contribution in [1.29, 1.82) is 0 Å². The van der Waals surface area contributed by atoms with E-state index < -0.39 is 0 Å². The summed E-state index contributed by atoms with van der Waals surface area (Å²) in [5.74, 6) is 1.63. The average Bonchev–Trinajstić information content (AvgIpc) is 3.39. The predicted octanol–water partition coefficient (Wildman–Crippen LogP) is 5.24. The van der Waals surface area contributed by atoms with Crippen molar-refractivity contribution in [3.63, 3.8) is 0 Å². The third kappa shape index (κ3) is 4.78. The minimum atomic E-state index is -0.317. The van der Waals surface area contributed by atoms with E-state index >= 15 is 0 Å². The summed E-state index contributed by atoms with van der Waals surface area (Å²) in [6.07, 6.45) is 0. The zero-order chi connectivity index (χ0) is 23.4. The van der Waals surface area contributed by atoms with E-state index in [9.17, 15) is 4.79 Å². The third-order valence-electron chi connectivity index (χ3n) is 4.71. The highest BCUT2D eigenvalue weighted by molar-refractivity contribution is 7.20. The molecular weight excluding hydrogens is 440 g/mol. The molecule has 0 saturated carbocycles. The molecule has 2 aromatic heterocycles. The van der Waals surface area contributed by atoms with Crippen molar-refractivity contribution in [3.05, 3.63) is 53.7 Å². The summed E-state index contributed by atoms with van der Waals surface area (Å²) in [5.41, 5.74) is 2.04. The van der Waals surface area contributed by atoms with Gasteiger partial charge < -0.3 is 19.5 Å². The van der Waals surface area contributed by atoms with Gasteiger partial charge in [0.2, 0.25) is 10.9 Å². The van der Waals surface area contributed by atoms with Gasteiger partial charge in [-0.25, -0.2) is 4.98 Å². The lowest BCUT2D eigenvalue weighted by Crippen LogP contribution is -2.16. The van der Waals surface area contributed by atoms with Gasteiger partial charge in [-0.3, -0.25) is 4.79 Å². The van der Waals surface area contributed by atoms with Gasteiger partial charge in [-0.2, -0.15) is 9.78 Å². The molecule has 1 N–H and O–H groups in total. The lowest BCUT2D eigenvalue weighted by atomic mass is 10.1. The first-order valence-electron chi connectivity index (χ1n) is 10.8. The number of ether oxygens (including phenoxy) is 3. The molecule has 0 fully saturated rings. The van der Waals surface area contributed by atoms with E-state index in [1.807, 2.05) is 58.0 Å². The molecule has 9 heteroatoms. The zero-order valence-corrected chi connectivity index (χ0v) is 19.9. The normalized spacial score (nSPS) is 10.9. The van der Waals surface area contributed by atoms with Crippen LogP contribution in [0.3, 0.4) is 0 Å². The maximum Gasteiger partial charge on any atom is 0.257 e. The van der Waals surface area contributed by atoms with E-state index in [4.69, 9.17) is 14.2 Å². The lowest BCUT2D eigenvalue weighted by Gasteiger charge is -2.17. The van der Waals surface area contributed by atoms with Gasteiger partial charge in [-0.1, -0.05) is 23.5 Å². The highest BCUT2D eigenvalue weighted by Crippen LogP contribution is 2.39. The minimum absolute atomic E-state index is 0.317. The second-order valence-electron chi connectivity index (χ2n) is 7.10. The molecule has 2 aromatic carbocycles.